The molecule has 26 heavy (non-hydrogen) atoms. The summed E-state index contributed by atoms with van der Waals surface area (Å²) >= 11 is 6.00. The van der Waals surface area contributed by atoms with E-state index in [1.165, 1.54) is 6.92 Å². The van der Waals surface area contributed by atoms with E-state index < -0.39 is 0 Å². The summed E-state index contributed by atoms with van der Waals surface area (Å²) in [7, 11) is 0. The largest absolute Gasteiger partial charge is 0.488 e. The van der Waals surface area contributed by atoms with Crippen LogP contribution >= 0.6 is 11.6 Å². The van der Waals surface area contributed by atoms with Crippen LogP contribution in [0.15, 0.2) is 48.0 Å². The van der Waals surface area contributed by atoms with Gasteiger partial charge in [0.25, 0.3) is 5.91 Å². The summed E-state index contributed by atoms with van der Waals surface area (Å²) < 4.78 is 5.63. The minimum atomic E-state index is -0.224. The van der Waals surface area contributed by atoms with Crippen molar-refractivity contribution in [1.82, 2.24) is 5.32 Å². The second-order valence-electron chi connectivity index (χ2n) is 6.14. The molecule has 1 unspecified atom stereocenters. The average Bonchev–Trinajstić information content (AvgIpc) is 2.60. The predicted octanol–water partition coefficient (Wildman–Crippen LogP) is 3.95. The second-order valence-corrected chi connectivity index (χ2v) is 6.58. The Hall–Kier alpha value is -2.79. The third-order valence-corrected chi connectivity index (χ3v) is 4.27. The molecule has 1 heterocycles. The van der Waals surface area contributed by atoms with Crippen molar-refractivity contribution in [3.05, 3.63) is 64.2 Å². The standard InChI is InChI=1S/C20H19ClN2O3/c1-12(14-4-3-5-18(10-14)23-13(2)24)22-20(25)16-8-15-9-17(21)6-7-19(15)26-11-16/h3-10,12H,11H2,1-2H3,(H,22,25)(H,23,24). The number of carbonyl (C=O) groups excluding carboxylic acids is 2. The molecular weight excluding hydrogens is 352 g/mol. The Morgan fingerprint density at radius 3 is 2.77 bits per heavy atom. The van der Waals surface area contributed by atoms with E-state index in [9.17, 15) is 9.59 Å². The number of amides is 2. The smallest absolute Gasteiger partial charge is 0.251 e. The summed E-state index contributed by atoms with van der Waals surface area (Å²) in [5.41, 5.74) is 2.91. The number of anilines is 1. The van der Waals surface area contributed by atoms with Gasteiger partial charge in [0.2, 0.25) is 5.91 Å². The van der Waals surface area contributed by atoms with E-state index in [0.29, 0.717) is 22.0 Å². The van der Waals surface area contributed by atoms with E-state index >= 15 is 0 Å². The number of carbonyl (C=O) groups is 2. The molecule has 2 aromatic rings. The lowest BCUT2D eigenvalue weighted by Crippen LogP contribution is -2.30. The summed E-state index contributed by atoms with van der Waals surface area (Å²) in [4.78, 5) is 23.8. The first kappa shape index (κ1) is 18.0. The molecule has 0 radical (unpaired) electrons. The van der Waals surface area contributed by atoms with Crippen LogP contribution in [-0.4, -0.2) is 18.4 Å². The Kier molecular flexibility index (Phi) is 5.28. The third kappa shape index (κ3) is 4.24. The van der Waals surface area contributed by atoms with Crippen LogP contribution in [0, 0.1) is 0 Å². The maximum atomic E-state index is 12.6. The van der Waals surface area contributed by atoms with Gasteiger partial charge in [-0.2, -0.15) is 0 Å². The molecule has 0 saturated carbocycles. The van der Waals surface area contributed by atoms with Gasteiger partial charge in [0.1, 0.15) is 12.4 Å². The predicted molar refractivity (Wildman–Crippen MR) is 102 cm³/mol. The van der Waals surface area contributed by atoms with Gasteiger partial charge < -0.3 is 15.4 Å². The molecule has 1 atom stereocenters. The summed E-state index contributed by atoms with van der Waals surface area (Å²) in [6.45, 7) is 3.55. The molecular formula is C20H19ClN2O3. The molecule has 2 N–H and O–H groups in total. The molecule has 0 aromatic heterocycles. The first-order chi connectivity index (χ1) is 12.4. The summed E-state index contributed by atoms with van der Waals surface area (Å²) in [6, 6.07) is 12.5. The Balaban J connectivity index is 1.73. The van der Waals surface area contributed by atoms with Crippen molar-refractivity contribution in [3.8, 4) is 5.75 Å². The molecule has 134 valence electrons. The van der Waals surface area contributed by atoms with Crippen LogP contribution in [0.2, 0.25) is 5.02 Å². The fourth-order valence-electron chi connectivity index (χ4n) is 2.74. The lowest BCUT2D eigenvalue weighted by molar-refractivity contribution is -0.118. The number of fused-ring (bicyclic) bond motifs is 1. The van der Waals surface area contributed by atoms with E-state index in [1.54, 1.807) is 30.3 Å². The number of rotatable bonds is 4. The van der Waals surface area contributed by atoms with Crippen LogP contribution in [0.4, 0.5) is 5.69 Å². The summed E-state index contributed by atoms with van der Waals surface area (Å²) in [5.74, 6) is 0.371. The lowest BCUT2D eigenvalue weighted by atomic mass is 10.0. The van der Waals surface area contributed by atoms with Crippen molar-refractivity contribution in [3.63, 3.8) is 0 Å². The highest BCUT2D eigenvalue weighted by atomic mass is 35.5. The first-order valence-electron chi connectivity index (χ1n) is 8.24. The van der Waals surface area contributed by atoms with Crippen LogP contribution in [0.1, 0.15) is 31.0 Å². The topological polar surface area (TPSA) is 67.4 Å². The molecule has 1 aliphatic rings. The quantitative estimate of drug-likeness (QED) is 0.856. The van der Waals surface area contributed by atoms with Gasteiger partial charge in [-0.3, -0.25) is 9.59 Å². The molecule has 0 aliphatic carbocycles. The average molecular weight is 371 g/mol. The van der Waals surface area contributed by atoms with Crippen LogP contribution < -0.4 is 15.4 Å². The van der Waals surface area contributed by atoms with Crippen molar-refractivity contribution < 1.29 is 14.3 Å². The molecule has 6 heteroatoms. The van der Waals surface area contributed by atoms with Gasteiger partial charge in [0.15, 0.2) is 0 Å². The Labute approximate surface area is 157 Å². The minimum Gasteiger partial charge on any atom is -0.488 e. The summed E-state index contributed by atoms with van der Waals surface area (Å²) in [6.07, 6.45) is 1.79. The number of halogens is 1. The molecule has 0 spiro atoms. The zero-order valence-corrected chi connectivity index (χ0v) is 15.3. The SMILES string of the molecule is CC(=O)Nc1cccc(C(C)NC(=O)C2=Cc3cc(Cl)ccc3OC2)c1. The molecule has 0 saturated heterocycles. The van der Waals surface area contributed by atoms with Gasteiger partial charge in [-0.05, 0) is 48.9 Å². The van der Waals surface area contributed by atoms with Gasteiger partial charge in [0, 0.05) is 23.2 Å². The monoisotopic (exact) mass is 370 g/mol. The molecule has 5 nitrogen and oxygen atoms in total. The van der Waals surface area contributed by atoms with Gasteiger partial charge in [-0.15, -0.1) is 0 Å². The van der Waals surface area contributed by atoms with E-state index in [-0.39, 0.29) is 24.5 Å². The van der Waals surface area contributed by atoms with Crippen LogP contribution in [0.5, 0.6) is 5.75 Å². The highest BCUT2D eigenvalue weighted by Crippen LogP contribution is 2.29. The van der Waals surface area contributed by atoms with E-state index in [2.05, 4.69) is 10.6 Å². The van der Waals surface area contributed by atoms with Crippen LogP contribution in [0.3, 0.4) is 0 Å². The Morgan fingerprint density at radius 1 is 1.19 bits per heavy atom. The number of hydrogen-bond acceptors (Lipinski definition) is 3. The highest BCUT2D eigenvalue weighted by molar-refractivity contribution is 6.30. The van der Waals surface area contributed by atoms with Crippen molar-refractivity contribution in [2.24, 2.45) is 0 Å². The molecule has 0 fully saturated rings. The zero-order valence-electron chi connectivity index (χ0n) is 14.5. The lowest BCUT2D eigenvalue weighted by Gasteiger charge is -2.20. The van der Waals surface area contributed by atoms with Crippen molar-refractivity contribution >= 4 is 35.2 Å². The molecule has 1 aliphatic heterocycles. The fraction of sp³-hybridized carbons (Fsp3) is 0.200. The molecule has 3 rings (SSSR count). The second kappa shape index (κ2) is 7.62. The van der Waals surface area contributed by atoms with Gasteiger partial charge in [-0.25, -0.2) is 0 Å². The normalized spacial score (nSPS) is 13.7. The number of nitrogens with one attached hydrogen (secondary N) is 2. The molecule has 0 bridgehead atoms. The maximum absolute atomic E-state index is 12.6. The van der Waals surface area contributed by atoms with Crippen LogP contribution in [-0.2, 0) is 9.59 Å². The molecule has 2 amide bonds. The van der Waals surface area contributed by atoms with Crippen LogP contribution in [0.25, 0.3) is 6.08 Å². The highest BCUT2D eigenvalue weighted by Gasteiger charge is 2.19. The van der Waals surface area contributed by atoms with Gasteiger partial charge in [0.05, 0.1) is 11.6 Å². The van der Waals surface area contributed by atoms with Crippen molar-refractivity contribution in [1.29, 1.82) is 0 Å². The first-order valence-corrected chi connectivity index (χ1v) is 8.61. The number of ether oxygens (including phenoxy) is 1. The maximum Gasteiger partial charge on any atom is 0.251 e. The van der Waals surface area contributed by atoms with E-state index in [1.807, 2.05) is 25.1 Å². The van der Waals surface area contributed by atoms with Gasteiger partial charge in [-0.1, -0.05) is 23.7 Å². The van der Waals surface area contributed by atoms with Crippen molar-refractivity contribution in [2.75, 3.05) is 11.9 Å². The summed E-state index contributed by atoms with van der Waals surface area (Å²) in [5, 5.41) is 6.29. The van der Waals surface area contributed by atoms with Crippen molar-refractivity contribution in [2.45, 2.75) is 19.9 Å². The number of benzene rings is 2. The Bertz CT molecular complexity index is 892. The fourth-order valence-corrected chi connectivity index (χ4v) is 2.92. The minimum absolute atomic E-state index is 0.138. The number of hydrogen-bond donors (Lipinski definition) is 2. The Morgan fingerprint density at radius 2 is 2.00 bits per heavy atom. The van der Waals surface area contributed by atoms with E-state index in [0.717, 1.165) is 11.1 Å². The zero-order chi connectivity index (χ0) is 18.7. The van der Waals surface area contributed by atoms with E-state index in [4.69, 9.17) is 16.3 Å². The molecule has 2 aromatic carbocycles. The van der Waals surface area contributed by atoms with Gasteiger partial charge >= 0.3 is 0 Å². The third-order valence-electron chi connectivity index (χ3n) is 4.03.